The van der Waals surface area contributed by atoms with Gasteiger partial charge in [0.2, 0.25) is 5.91 Å². The SMILES string of the molecule is C[C@H](CCC(N)=O)[C@H]1CC[C@H]2[C@@H]3CC[C@@H]4C[C@H](CC(C)(C)O)CC[C@]4(C)[C@H]3CC[C@]12C. The van der Waals surface area contributed by atoms with Gasteiger partial charge in [-0.15, -0.1) is 0 Å². The number of rotatable bonds is 6. The van der Waals surface area contributed by atoms with Crippen LogP contribution < -0.4 is 5.73 Å². The fourth-order valence-corrected chi connectivity index (χ4v) is 9.79. The molecule has 0 unspecified atom stereocenters. The van der Waals surface area contributed by atoms with Crippen molar-refractivity contribution in [2.24, 2.45) is 58.0 Å². The lowest BCUT2D eigenvalue weighted by Gasteiger charge is -2.61. The molecule has 3 heteroatoms. The molecule has 0 aromatic heterocycles. The average Bonchev–Trinajstić information content (AvgIpc) is 3.02. The topological polar surface area (TPSA) is 63.3 Å². The standard InChI is InChI=1S/C28H49NO2/c1-18(6-11-25(29)30)22-9-10-23-21-8-7-20-16-19(17-26(2,3)31)12-14-27(20,4)24(21)13-15-28(22,23)5/h18-24,31H,6-17H2,1-5H3,(H2,29,30)/t18-,19-,20-,21+,22-,23+,24+,27+,28-/m1/s1. The summed E-state index contributed by atoms with van der Waals surface area (Å²) in [6, 6.07) is 0. The number of fused-ring (bicyclic) bond motifs is 5. The molecule has 3 N–H and O–H groups in total. The van der Waals surface area contributed by atoms with Gasteiger partial charge in [-0.1, -0.05) is 20.8 Å². The Morgan fingerprint density at radius 3 is 2.39 bits per heavy atom. The lowest BCUT2D eigenvalue weighted by molar-refractivity contribution is -0.125. The van der Waals surface area contributed by atoms with Crippen molar-refractivity contribution in [1.82, 2.24) is 0 Å². The van der Waals surface area contributed by atoms with E-state index in [2.05, 4.69) is 20.8 Å². The molecule has 3 nitrogen and oxygen atoms in total. The third kappa shape index (κ3) is 4.34. The molecule has 4 aliphatic rings. The minimum atomic E-state index is -0.521. The number of primary amides is 1. The van der Waals surface area contributed by atoms with E-state index in [0.29, 0.717) is 29.1 Å². The number of hydrogen-bond acceptors (Lipinski definition) is 2. The van der Waals surface area contributed by atoms with Gasteiger partial charge in [0.05, 0.1) is 5.60 Å². The maximum atomic E-state index is 11.3. The van der Waals surface area contributed by atoms with Gasteiger partial charge in [0.25, 0.3) is 0 Å². The van der Waals surface area contributed by atoms with Crippen LogP contribution in [0.5, 0.6) is 0 Å². The van der Waals surface area contributed by atoms with Crippen LogP contribution in [-0.2, 0) is 4.79 Å². The van der Waals surface area contributed by atoms with Crippen LogP contribution in [0.25, 0.3) is 0 Å². The molecule has 0 radical (unpaired) electrons. The summed E-state index contributed by atoms with van der Waals surface area (Å²) in [6.45, 7) is 11.6. The number of carbonyl (C=O) groups is 1. The summed E-state index contributed by atoms with van der Waals surface area (Å²) < 4.78 is 0. The summed E-state index contributed by atoms with van der Waals surface area (Å²) >= 11 is 0. The van der Waals surface area contributed by atoms with Gasteiger partial charge in [0, 0.05) is 6.42 Å². The second-order valence-corrected chi connectivity index (χ2v) is 13.5. The summed E-state index contributed by atoms with van der Waals surface area (Å²) in [5.41, 5.74) is 5.93. The molecule has 0 aliphatic heterocycles. The van der Waals surface area contributed by atoms with Crippen LogP contribution in [0.1, 0.15) is 112 Å². The predicted octanol–water partition coefficient (Wildman–Crippen LogP) is 6.32. The summed E-state index contributed by atoms with van der Waals surface area (Å²) in [5.74, 6) is 5.54. The summed E-state index contributed by atoms with van der Waals surface area (Å²) in [4.78, 5) is 11.3. The molecule has 31 heavy (non-hydrogen) atoms. The smallest absolute Gasteiger partial charge is 0.217 e. The quantitative estimate of drug-likeness (QED) is 0.516. The Balaban J connectivity index is 1.46. The Kier molecular flexibility index (Phi) is 6.34. The molecule has 4 aliphatic carbocycles. The number of amides is 1. The van der Waals surface area contributed by atoms with E-state index in [1.807, 2.05) is 13.8 Å². The van der Waals surface area contributed by atoms with Crippen molar-refractivity contribution in [2.45, 2.75) is 117 Å². The number of aliphatic hydroxyl groups is 1. The molecular weight excluding hydrogens is 382 g/mol. The Morgan fingerprint density at radius 2 is 1.71 bits per heavy atom. The van der Waals surface area contributed by atoms with E-state index < -0.39 is 5.60 Å². The van der Waals surface area contributed by atoms with Gasteiger partial charge in [-0.3, -0.25) is 4.79 Å². The molecule has 0 aromatic rings. The van der Waals surface area contributed by atoms with Gasteiger partial charge in [-0.05, 0) is 137 Å². The van der Waals surface area contributed by atoms with E-state index in [4.69, 9.17) is 5.73 Å². The highest BCUT2D eigenvalue weighted by atomic mass is 16.3. The van der Waals surface area contributed by atoms with Crippen LogP contribution in [0.2, 0.25) is 0 Å². The maximum absolute atomic E-state index is 11.3. The summed E-state index contributed by atoms with van der Waals surface area (Å²) in [5, 5.41) is 10.4. The normalized spacial score (nSPS) is 46.0. The van der Waals surface area contributed by atoms with Gasteiger partial charge in [-0.2, -0.15) is 0 Å². The van der Waals surface area contributed by atoms with Crippen molar-refractivity contribution in [3.63, 3.8) is 0 Å². The van der Waals surface area contributed by atoms with Crippen molar-refractivity contribution in [1.29, 1.82) is 0 Å². The molecule has 4 fully saturated rings. The minimum absolute atomic E-state index is 0.137. The van der Waals surface area contributed by atoms with E-state index in [1.165, 1.54) is 57.8 Å². The highest BCUT2D eigenvalue weighted by molar-refractivity contribution is 5.73. The molecule has 0 spiro atoms. The molecule has 9 atom stereocenters. The first-order chi connectivity index (χ1) is 14.4. The maximum Gasteiger partial charge on any atom is 0.217 e. The first-order valence-electron chi connectivity index (χ1n) is 13.4. The molecule has 0 aromatic carbocycles. The zero-order valence-corrected chi connectivity index (χ0v) is 21.0. The van der Waals surface area contributed by atoms with Gasteiger partial charge in [0.1, 0.15) is 0 Å². The first kappa shape index (κ1) is 23.6. The van der Waals surface area contributed by atoms with Gasteiger partial charge in [-0.25, -0.2) is 0 Å². The molecule has 1 amide bonds. The van der Waals surface area contributed by atoms with Crippen molar-refractivity contribution in [3.8, 4) is 0 Å². The Labute approximate surface area is 191 Å². The van der Waals surface area contributed by atoms with Gasteiger partial charge in [0.15, 0.2) is 0 Å². The number of carbonyl (C=O) groups excluding carboxylic acids is 1. The van der Waals surface area contributed by atoms with Crippen molar-refractivity contribution in [2.75, 3.05) is 0 Å². The Bertz CT molecular complexity index is 668. The highest BCUT2D eigenvalue weighted by Crippen LogP contribution is 2.68. The second-order valence-electron chi connectivity index (χ2n) is 13.5. The van der Waals surface area contributed by atoms with E-state index in [-0.39, 0.29) is 5.91 Å². The van der Waals surface area contributed by atoms with Gasteiger partial charge >= 0.3 is 0 Å². The van der Waals surface area contributed by atoms with E-state index in [9.17, 15) is 9.90 Å². The lowest BCUT2D eigenvalue weighted by Crippen LogP contribution is -2.54. The third-order valence-corrected chi connectivity index (χ3v) is 11.2. The zero-order valence-electron chi connectivity index (χ0n) is 21.0. The highest BCUT2D eigenvalue weighted by Gasteiger charge is 2.60. The third-order valence-electron chi connectivity index (χ3n) is 11.2. The van der Waals surface area contributed by atoms with Crippen molar-refractivity contribution in [3.05, 3.63) is 0 Å². The van der Waals surface area contributed by atoms with Crippen LogP contribution in [0.3, 0.4) is 0 Å². The minimum Gasteiger partial charge on any atom is -0.390 e. The predicted molar refractivity (Wildman–Crippen MR) is 127 cm³/mol. The fraction of sp³-hybridized carbons (Fsp3) is 0.964. The van der Waals surface area contributed by atoms with Gasteiger partial charge < -0.3 is 10.8 Å². The molecule has 0 saturated heterocycles. The molecule has 4 saturated carbocycles. The van der Waals surface area contributed by atoms with Crippen molar-refractivity contribution < 1.29 is 9.90 Å². The summed E-state index contributed by atoms with van der Waals surface area (Å²) in [6.07, 6.45) is 14.9. The van der Waals surface area contributed by atoms with E-state index in [0.717, 1.165) is 42.4 Å². The molecule has 0 heterocycles. The Hall–Kier alpha value is -0.570. The fourth-order valence-electron chi connectivity index (χ4n) is 9.79. The number of nitrogens with two attached hydrogens (primary N) is 1. The first-order valence-corrected chi connectivity index (χ1v) is 13.4. The molecule has 4 rings (SSSR count). The monoisotopic (exact) mass is 431 g/mol. The van der Waals surface area contributed by atoms with Crippen molar-refractivity contribution >= 4 is 5.91 Å². The van der Waals surface area contributed by atoms with Crippen LogP contribution in [-0.4, -0.2) is 16.6 Å². The molecular formula is C28H49NO2. The lowest BCUT2D eigenvalue weighted by atomic mass is 9.43. The van der Waals surface area contributed by atoms with Crippen LogP contribution >= 0.6 is 0 Å². The molecule has 178 valence electrons. The largest absolute Gasteiger partial charge is 0.390 e. The number of hydrogen-bond donors (Lipinski definition) is 2. The van der Waals surface area contributed by atoms with E-state index >= 15 is 0 Å². The average molecular weight is 432 g/mol. The zero-order chi connectivity index (χ0) is 22.6. The van der Waals surface area contributed by atoms with Crippen LogP contribution in [0.4, 0.5) is 0 Å². The second kappa shape index (κ2) is 8.33. The van der Waals surface area contributed by atoms with Crippen LogP contribution in [0.15, 0.2) is 0 Å². The summed E-state index contributed by atoms with van der Waals surface area (Å²) in [7, 11) is 0. The Morgan fingerprint density at radius 1 is 1.03 bits per heavy atom. The van der Waals surface area contributed by atoms with E-state index in [1.54, 1.807) is 0 Å². The molecule has 0 bridgehead atoms. The van der Waals surface area contributed by atoms with Crippen LogP contribution in [0, 0.1) is 52.3 Å².